The molecule has 160 valence electrons. The van der Waals surface area contributed by atoms with E-state index >= 15 is 0 Å². The van der Waals surface area contributed by atoms with Crippen molar-refractivity contribution in [1.29, 1.82) is 0 Å². The number of benzene rings is 2. The van der Waals surface area contributed by atoms with Gasteiger partial charge < -0.3 is 14.4 Å². The van der Waals surface area contributed by atoms with Crippen LogP contribution in [0.5, 0.6) is 17.4 Å². The zero-order chi connectivity index (χ0) is 21.6. The van der Waals surface area contributed by atoms with Gasteiger partial charge in [0.1, 0.15) is 17.8 Å². The number of ether oxygens (including phenoxy) is 2. The fourth-order valence-corrected chi connectivity index (χ4v) is 3.87. The summed E-state index contributed by atoms with van der Waals surface area (Å²) in [6.45, 7) is 1.41. The Balaban J connectivity index is 1.49. The molecule has 0 aliphatic carbocycles. The lowest BCUT2D eigenvalue weighted by Gasteiger charge is -2.32. The molecule has 1 fully saturated rings. The van der Waals surface area contributed by atoms with E-state index in [1.165, 1.54) is 11.9 Å². The normalized spacial score (nSPS) is 14.3. The molecule has 8 heteroatoms. The highest BCUT2D eigenvalue weighted by Gasteiger charge is 2.31. The molecule has 0 saturated carbocycles. The van der Waals surface area contributed by atoms with Gasteiger partial charge in [0.05, 0.1) is 12.0 Å². The lowest BCUT2D eigenvalue weighted by Crippen LogP contribution is -2.35. The summed E-state index contributed by atoms with van der Waals surface area (Å²) in [4.78, 5) is 21.6. The monoisotopic (exact) mass is 420 g/mol. The van der Waals surface area contributed by atoms with E-state index in [-0.39, 0.29) is 11.6 Å². The van der Waals surface area contributed by atoms with E-state index in [1.54, 1.807) is 31.4 Å². The Morgan fingerprint density at radius 2 is 1.71 bits per heavy atom. The molecule has 0 N–H and O–H groups in total. The van der Waals surface area contributed by atoms with Gasteiger partial charge in [-0.05, 0) is 55.0 Å². The van der Waals surface area contributed by atoms with Gasteiger partial charge in [-0.25, -0.2) is 4.98 Å². The third-order valence-electron chi connectivity index (χ3n) is 5.51. The number of piperidine rings is 1. The molecule has 0 radical (unpaired) electrons. The van der Waals surface area contributed by atoms with Crippen LogP contribution >= 0.6 is 0 Å². The van der Waals surface area contributed by atoms with Gasteiger partial charge in [0.2, 0.25) is 5.82 Å². The SMILES string of the molecule is COc1ccc(Oc2ncnc(N3CCC(Cc4ccccc4)CC3)c2[N+](=O)[O-])cc1. The van der Waals surface area contributed by atoms with Gasteiger partial charge in [-0.3, -0.25) is 10.1 Å². The molecule has 8 nitrogen and oxygen atoms in total. The summed E-state index contributed by atoms with van der Waals surface area (Å²) in [7, 11) is 1.57. The topological polar surface area (TPSA) is 90.6 Å². The van der Waals surface area contributed by atoms with Crippen molar-refractivity contribution in [2.45, 2.75) is 19.3 Å². The van der Waals surface area contributed by atoms with Gasteiger partial charge in [0, 0.05) is 13.1 Å². The number of hydrogen-bond donors (Lipinski definition) is 0. The highest BCUT2D eigenvalue weighted by molar-refractivity contribution is 5.63. The Kier molecular flexibility index (Phi) is 6.26. The second kappa shape index (κ2) is 9.42. The molecule has 1 saturated heterocycles. The average molecular weight is 420 g/mol. The molecule has 2 aromatic carbocycles. The maximum atomic E-state index is 11.9. The van der Waals surface area contributed by atoms with Gasteiger partial charge in [0.15, 0.2) is 0 Å². The number of hydrogen-bond acceptors (Lipinski definition) is 7. The second-order valence-corrected chi connectivity index (χ2v) is 7.51. The lowest BCUT2D eigenvalue weighted by molar-refractivity contribution is -0.385. The molecule has 3 aromatic rings. The van der Waals surface area contributed by atoms with Crippen LogP contribution in [-0.2, 0) is 6.42 Å². The van der Waals surface area contributed by atoms with Crippen molar-refractivity contribution in [3.63, 3.8) is 0 Å². The fourth-order valence-electron chi connectivity index (χ4n) is 3.87. The predicted molar refractivity (Wildman–Crippen MR) is 117 cm³/mol. The van der Waals surface area contributed by atoms with Crippen LogP contribution in [0.1, 0.15) is 18.4 Å². The van der Waals surface area contributed by atoms with E-state index in [2.05, 4.69) is 34.2 Å². The van der Waals surface area contributed by atoms with Crippen molar-refractivity contribution in [3.8, 4) is 17.4 Å². The highest BCUT2D eigenvalue weighted by Crippen LogP contribution is 2.38. The Bertz CT molecular complexity index is 1020. The summed E-state index contributed by atoms with van der Waals surface area (Å²) in [5.41, 5.74) is 1.11. The van der Waals surface area contributed by atoms with E-state index in [0.29, 0.717) is 36.3 Å². The standard InChI is InChI=1S/C23H24N4O4/c1-30-19-7-9-20(10-8-19)31-23-21(27(28)29)22(24-16-25-23)26-13-11-18(12-14-26)15-17-5-3-2-4-6-17/h2-10,16,18H,11-15H2,1H3. The third kappa shape index (κ3) is 4.91. The number of rotatable bonds is 7. The first-order valence-electron chi connectivity index (χ1n) is 10.2. The van der Waals surface area contributed by atoms with Crippen LogP contribution in [-0.4, -0.2) is 35.1 Å². The quantitative estimate of drug-likeness (QED) is 0.406. The first-order chi connectivity index (χ1) is 15.1. The summed E-state index contributed by atoms with van der Waals surface area (Å²) in [6.07, 6.45) is 4.24. The van der Waals surface area contributed by atoms with Crippen LogP contribution in [0.3, 0.4) is 0 Å². The third-order valence-corrected chi connectivity index (χ3v) is 5.51. The van der Waals surface area contributed by atoms with Gasteiger partial charge >= 0.3 is 11.6 Å². The maximum absolute atomic E-state index is 11.9. The van der Waals surface area contributed by atoms with Crippen LogP contribution in [0.4, 0.5) is 11.5 Å². The zero-order valence-corrected chi connectivity index (χ0v) is 17.3. The Morgan fingerprint density at radius 1 is 1.03 bits per heavy atom. The number of anilines is 1. The molecule has 31 heavy (non-hydrogen) atoms. The minimum atomic E-state index is -0.468. The summed E-state index contributed by atoms with van der Waals surface area (Å²) in [5, 5.41) is 11.9. The Labute approximate surface area is 180 Å². The van der Waals surface area contributed by atoms with E-state index in [4.69, 9.17) is 9.47 Å². The minimum absolute atomic E-state index is 0.0634. The summed E-state index contributed by atoms with van der Waals surface area (Å²) < 4.78 is 10.9. The molecule has 0 atom stereocenters. The number of nitro groups is 1. The van der Waals surface area contributed by atoms with E-state index in [0.717, 1.165) is 19.3 Å². The average Bonchev–Trinajstić information content (AvgIpc) is 2.80. The molecular formula is C23H24N4O4. The van der Waals surface area contributed by atoms with Gasteiger partial charge in [0.25, 0.3) is 0 Å². The first kappa shape index (κ1) is 20.6. The summed E-state index contributed by atoms with van der Waals surface area (Å²) in [5.74, 6) is 1.90. The molecule has 0 bridgehead atoms. The Morgan fingerprint density at radius 3 is 2.35 bits per heavy atom. The van der Waals surface area contributed by atoms with Crippen LogP contribution in [0.15, 0.2) is 60.9 Å². The van der Waals surface area contributed by atoms with Crippen molar-refractivity contribution >= 4 is 11.5 Å². The molecule has 1 aliphatic heterocycles. The number of methoxy groups -OCH3 is 1. The minimum Gasteiger partial charge on any atom is -0.497 e. The largest absolute Gasteiger partial charge is 0.497 e. The molecule has 0 spiro atoms. The van der Waals surface area contributed by atoms with Gasteiger partial charge in [-0.15, -0.1) is 0 Å². The maximum Gasteiger partial charge on any atom is 0.373 e. The van der Waals surface area contributed by atoms with Crippen LogP contribution in [0, 0.1) is 16.0 Å². The second-order valence-electron chi connectivity index (χ2n) is 7.51. The molecule has 0 unspecified atom stereocenters. The highest BCUT2D eigenvalue weighted by atomic mass is 16.6. The van der Waals surface area contributed by atoms with Crippen molar-refractivity contribution in [1.82, 2.24) is 9.97 Å². The van der Waals surface area contributed by atoms with Crippen molar-refractivity contribution in [2.24, 2.45) is 5.92 Å². The van der Waals surface area contributed by atoms with Crippen molar-refractivity contribution in [2.75, 3.05) is 25.1 Å². The van der Waals surface area contributed by atoms with Gasteiger partial charge in [-0.1, -0.05) is 30.3 Å². The van der Waals surface area contributed by atoms with Crippen LogP contribution in [0.25, 0.3) is 0 Å². The molecular weight excluding hydrogens is 396 g/mol. The molecule has 4 rings (SSSR count). The number of aromatic nitrogens is 2. The van der Waals surface area contributed by atoms with Crippen molar-refractivity contribution < 1.29 is 14.4 Å². The first-order valence-corrected chi connectivity index (χ1v) is 10.2. The zero-order valence-electron chi connectivity index (χ0n) is 17.3. The smallest absolute Gasteiger partial charge is 0.373 e. The number of nitrogens with zero attached hydrogens (tertiary/aromatic N) is 4. The lowest BCUT2D eigenvalue weighted by atomic mass is 9.90. The van der Waals surface area contributed by atoms with E-state index < -0.39 is 4.92 Å². The molecule has 2 heterocycles. The van der Waals surface area contributed by atoms with Crippen LogP contribution < -0.4 is 14.4 Å². The molecule has 1 aromatic heterocycles. The summed E-state index contributed by atoms with van der Waals surface area (Å²) in [6, 6.07) is 17.2. The van der Waals surface area contributed by atoms with E-state index in [9.17, 15) is 10.1 Å². The molecule has 0 amide bonds. The summed E-state index contributed by atoms with van der Waals surface area (Å²) >= 11 is 0. The predicted octanol–water partition coefficient (Wildman–Crippen LogP) is 4.64. The van der Waals surface area contributed by atoms with Gasteiger partial charge in [-0.2, -0.15) is 4.98 Å². The van der Waals surface area contributed by atoms with Crippen LogP contribution in [0.2, 0.25) is 0 Å². The fraction of sp³-hybridized carbons (Fsp3) is 0.304. The van der Waals surface area contributed by atoms with Crippen molar-refractivity contribution in [3.05, 3.63) is 76.6 Å². The molecule has 1 aliphatic rings. The van der Waals surface area contributed by atoms with E-state index in [1.807, 2.05) is 11.0 Å². The Hall–Kier alpha value is -3.68.